The van der Waals surface area contributed by atoms with Crippen LogP contribution in [0.4, 0.5) is 0 Å². The smallest absolute Gasteiger partial charge is 0.259 e. The van der Waals surface area contributed by atoms with E-state index in [-0.39, 0.29) is 5.91 Å². The molecule has 1 amide bonds. The highest BCUT2D eigenvalue weighted by Crippen LogP contribution is 2.24. The molecule has 1 aromatic rings. The topological polar surface area (TPSA) is 49.6 Å². The number of rotatable bonds is 3. The molecule has 22 heavy (non-hydrogen) atoms. The maximum atomic E-state index is 12.8. The Hall–Kier alpha value is -1.36. The van der Waals surface area contributed by atoms with E-state index in [1.807, 2.05) is 18.7 Å². The molecular formula is C17H27N3O2. The van der Waals surface area contributed by atoms with E-state index in [4.69, 9.17) is 4.52 Å². The molecule has 0 spiro atoms. The van der Waals surface area contributed by atoms with Gasteiger partial charge in [0, 0.05) is 32.2 Å². The molecule has 2 aliphatic rings. The van der Waals surface area contributed by atoms with E-state index in [2.05, 4.69) is 10.1 Å². The summed E-state index contributed by atoms with van der Waals surface area (Å²) < 4.78 is 5.21. The molecular weight excluding hydrogens is 278 g/mol. The van der Waals surface area contributed by atoms with E-state index >= 15 is 0 Å². The summed E-state index contributed by atoms with van der Waals surface area (Å²) in [5, 5.41) is 4.01. The van der Waals surface area contributed by atoms with Crippen LogP contribution in [-0.4, -0.2) is 53.1 Å². The molecule has 0 unspecified atom stereocenters. The van der Waals surface area contributed by atoms with Crippen LogP contribution in [0.15, 0.2) is 4.52 Å². The van der Waals surface area contributed by atoms with Crippen molar-refractivity contribution in [3.8, 4) is 0 Å². The van der Waals surface area contributed by atoms with E-state index in [0.717, 1.165) is 44.3 Å². The summed E-state index contributed by atoms with van der Waals surface area (Å²) in [6, 6.07) is 0.745. The molecule has 0 aromatic carbocycles. The Morgan fingerprint density at radius 1 is 1.18 bits per heavy atom. The molecule has 2 heterocycles. The molecule has 122 valence electrons. The van der Waals surface area contributed by atoms with Crippen molar-refractivity contribution in [2.24, 2.45) is 0 Å². The van der Waals surface area contributed by atoms with E-state index in [9.17, 15) is 4.79 Å². The zero-order valence-corrected chi connectivity index (χ0v) is 13.8. The Morgan fingerprint density at radius 3 is 2.50 bits per heavy atom. The molecule has 0 bridgehead atoms. The third-order valence-corrected chi connectivity index (χ3v) is 5.17. The van der Waals surface area contributed by atoms with E-state index in [0.29, 0.717) is 11.3 Å². The second kappa shape index (κ2) is 6.82. The zero-order chi connectivity index (χ0) is 15.5. The number of amides is 1. The molecule has 0 atom stereocenters. The fraction of sp³-hybridized carbons (Fsp3) is 0.765. The van der Waals surface area contributed by atoms with Gasteiger partial charge in [0.2, 0.25) is 0 Å². The Labute approximate surface area is 132 Å². The van der Waals surface area contributed by atoms with Crippen LogP contribution in [-0.2, 0) is 6.42 Å². The van der Waals surface area contributed by atoms with Gasteiger partial charge in [0.15, 0.2) is 0 Å². The molecule has 1 aromatic heterocycles. The first-order valence-electron chi connectivity index (χ1n) is 8.69. The fourth-order valence-electron chi connectivity index (χ4n) is 3.83. The Kier molecular flexibility index (Phi) is 4.81. The lowest BCUT2D eigenvalue weighted by Gasteiger charge is -2.40. The molecule has 5 nitrogen and oxygen atoms in total. The number of piperazine rings is 1. The molecule has 3 rings (SSSR count). The highest BCUT2D eigenvalue weighted by atomic mass is 16.5. The zero-order valence-electron chi connectivity index (χ0n) is 13.8. The Balaban J connectivity index is 1.61. The standard InChI is InChI=1S/C17H27N3O2/c1-3-15-16(13(2)22-18-15)17(21)20-11-9-19(10-12-20)14-7-5-4-6-8-14/h14H,3-12H2,1-2H3. The maximum absolute atomic E-state index is 12.8. The minimum Gasteiger partial charge on any atom is -0.361 e. The lowest BCUT2D eigenvalue weighted by atomic mass is 9.94. The number of carbonyl (C=O) groups is 1. The van der Waals surface area contributed by atoms with Gasteiger partial charge in [0.1, 0.15) is 11.3 Å². The third-order valence-electron chi connectivity index (χ3n) is 5.17. The fourth-order valence-corrected chi connectivity index (χ4v) is 3.83. The Bertz CT molecular complexity index is 512. The van der Waals surface area contributed by atoms with Crippen LogP contribution in [0.1, 0.15) is 60.8 Å². The van der Waals surface area contributed by atoms with Gasteiger partial charge in [-0.2, -0.15) is 0 Å². The number of hydrogen-bond donors (Lipinski definition) is 0. The van der Waals surface area contributed by atoms with Gasteiger partial charge in [0.25, 0.3) is 5.91 Å². The number of aromatic nitrogens is 1. The van der Waals surface area contributed by atoms with Crippen LogP contribution in [0.3, 0.4) is 0 Å². The quantitative estimate of drug-likeness (QED) is 0.861. The van der Waals surface area contributed by atoms with Gasteiger partial charge >= 0.3 is 0 Å². The van der Waals surface area contributed by atoms with Crippen molar-refractivity contribution in [1.29, 1.82) is 0 Å². The third kappa shape index (κ3) is 3.05. The van der Waals surface area contributed by atoms with E-state index < -0.39 is 0 Å². The first-order valence-corrected chi connectivity index (χ1v) is 8.69. The number of aryl methyl sites for hydroxylation is 2. The molecule has 0 N–H and O–H groups in total. The van der Waals surface area contributed by atoms with Crippen LogP contribution >= 0.6 is 0 Å². The summed E-state index contributed by atoms with van der Waals surface area (Å²) in [6.45, 7) is 7.49. The molecule has 1 saturated heterocycles. The van der Waals surface area contributed by atoms with Gasteiger partial charge in [-0.25, -0.2) is 0 Å². The van der Waals surface area contributed by atoms with Gasteiger partial charge in [-0.15, -0.1) is 0 Å². The van der Waals surface area contributed by atoms with Crippen molar-refractivity contribution in [2.75, 3.05) is 26.2 Å². The normalized spacial score (nSPS) is 21.3. The first-order chi connectivity index (χ1) is 10.7. The second-order valence-corrected chi connectivity index (χ2v) is 6.53. The maximum Gasteiger partial charge on any atom is 0.259 e. The van der Waals surface area contributed by atoms with Crippen molar-refractivity contribution in [1.82, 2.24) is 15.0 Å². The Morgan fingerprint density at radius 2 is 1.86 bits per heavy atom. The van der Waals surface area contributed by atoms with Crippen molar-refractivity contribution >= 4 is 5.91 Å². The molecule has 0 radical (unpaired) electrons. The largest absolute Gasteiger partial charge is 0.361 e. The molecule has 1 aliphatic heterocycles. The van der Waals surface area contributed by atoms with Crippen molar-refractivity contribution in [3.05, 3.63) is 17.0 Å². The average Bonchev–Trinajstić information content (AvgIpc) is 2.96. The molecule has 5 heteroatoms. The summed E-state index contributed by atoms with van der Waals surface area (Å²) in [5.41, 5.74) is 1.48. The van der Waals surface area contributed by atoms with E-state index in [1.54, 1.807) is 0 Å². The summed E-state index contributed by atoms with van der Waals surface area (Å²) in [6.07, 6.45) is 7.52. The van der Waals surface area contributed by atoms with Crippen molar-refractivity contribution in [3.63, 3.8) is 0 Å². The predicted octanol–water partition coefficient (Wildman–Crippen LogP) is 2.64. The minimum atomic E-state index is 0.0962. The van der Waals surface area contributed by atoms with Crippen molar-refractivity contribution < 1.29 is 9.32 Å². The number of hydrogen-bond acceptors (Lipinski definition) is 4. The monoisotopic (exact) mass is 305 g/mol. The molecule has 1 saturated carbocycles. The molecule has 2 fully saturated rings. The highest BCUT2D eigenvalue weighted by molar-refractivity contribution is 5.96. The van der Waals surface area contributed by atoms with Crippen LogP contribution in [0.25, 0.3) is 0 Å². The summed E-state index contributed by atoms with van der Waals surface area (Å²) in [7, 11) is 0. The van der Waals surface area contributed by atoms with Gasteiger partial charge in [-0.1, -0.05) is 31.3 Å². The van der Waals surface area contributed by atoms with Crippen LogP contribution in [0, 0.1) is 6.92 Å². The van der Waals surface area contributed by atoms with Crippen LogP contribution < -0.4 is 0 Å². The number of nitrogens with zero attached hydrogens (tertiary/aromatic N) is 3. The molecule has 1 aliphatic carbocycles. The van der Waals surface area contributed by atoms with Crippen LogP contribution in [0.5, 0.6) is 0 Å². The summed E-state index contributed by atoms with van der Waals surface area (Å²) in [5.74, 6) is 0.746. The SMILES string of the molecule is CCc1noc(C)c1C(=O)N1CCN(C2CCCCC2)CC1. The average molecular weight is 305 g/mol. The highest BCUT2D eigenvalue weighted by Gasteiger charge is 2.30. The lowest BCUT2D eigenvalue weighted by Crippen LogP contribution is -2.52. The van der Waals surface area contributed by atoms with E-state index in [1.165, 1.54) is 32.1 Å². The predicted molar refractivity (Wildman–Crippen MR) is 85.0 cm³/mol. The second-order valence-electron chi connectivity index (χ2n) is 6.53. The number of carbonyl (C=O) groups excluding carboxylic acids is 1. The van der Waals surface area contributed by atoms with Crippen molar-refractivity contribution in [2.45, 2.75) is 58.4 Å². The minimum absolute atomic E-state index is 0.0962. The van der Waals surface area contributed by atoms with Gasteiger partial charge in [0.05, 0.1) is 5.69 Å². The summed E-state index contributed by atoms with van der Waals surface area (Å²) in [4.78, 5) is 17.3. The van der Waals surface area contributed by atoms with Gasteiger partial charge < -0.3 is 9.42 Å². The van der Waals surface area contributed by atoms with Gasteiger partial charge in [-0.05, 0) is 26.2 Å². The lowest BCUT2D eigenvalue weighted by molar-refractivity contribution is 0.0521. The van der Waals surface area contributed by atoms with Crippen LogP contribution in [0.2, 0.25) is 0 Å². The van der Waals surface area contributed by atoms with Gasteiger partial charge in [-0.3, -0.25) is 9.69 Å². The summed E-state index contributed by atoms with van der Waals surface area (Å²) >= 11 is 0. The first kappa shape index (κ1) is 15.5.